The standard InChI is InChI=1S/C16H25NO2/c1-4-14(18-5-2)15(17-3)13-10-6-8-12-9-7-11-19-16(12)13/h6,8,10,14-15,17H,4-5,7,9,11H2,1-3H3. The molecule has 1 aromatic rings. The van der Waals surface area contributed by atoms with E-state index in [-0.39, 0.29) is 12.1 Å². The zero-order chi connectivity index (χ0) is 13.7. The number of para-hydroxylation sites is 1. The van der Waals surface area contributed by atoms with Crippen molar-refractivity contribution >= 4 is 0 Å². The smallest absolute Gasteiger partial charge is 0.127 e. The van der Waals surface area contributed by atoms with Crippen LogP contribution in [0.2, 0.25) is 0 Å². The number of likely N-dealkylation sites (N-methyl/N-ethyl adjacent to an activating group) is 1. The summed E-state index contributed by atoms with van der Waals surface area (Å²) in [5, 5.41) is 3.40. The Kier molecular flexibility index (Phi) is 5.23. The van der Waals surface area contributed by atoms with E-state index in [2.05, 4.69) is 30.4 Å². The first-order valence-electron chi connectivity index (χ1n) is 7.35. The SMILES string of the molecule is CCOC(CC)C(NC)c1cccc2c1OCCC2. The second-order valence-corrected chi connectivity index (χ2v) is 4.96. The maximum absolute atomic E-state index is 5.91. The van der Waals surface area contributed by atoms with Gasteiger partial charge in [-0.2, -0.15) is 0 Å². The van der Waals surface area contributed by atoms with Crippen molar-refractivity contribution in [3.63, 3.8) is 0 Å². The van der Waals surface area contributed by atoms with Crippen LogP contribution in [0.5, 0.6) is 5.75 Å². The lowest BCUT2D eigenvalue weighted by Crippen LogP contribution is -2.32. The average Bonchev–Trinajstić information content (AvgIpc) is 2.47. The van der Waals surface area contributed by atoms with E-state index in [1.54, 1.807) is 0 Å². The summed E-state index contributed by atoms with van der Waals surface area (Å²) in [4.78, 5) is 0. The van der Waals surface area contributed by atoms with Gasteiger partial charge in [0.25, 0.3) is 0 Å². The largest absolute Gasteiger partial charge is 0.493 e. The number of fused-ring (bicyclic) bond motifs is 1. The van der Waals surface area contributed by atoms with Gasteiger partial charge in [-0.1, -0.05) is 25.1 Å². The van der Waals surface area contributed by atoms with Crippen molar-refractivity contribution < 1.29 is 9.47 Å². The Morgan fingerprint density at radius 1 is 1.37 bits per heavy atom. The van der Waals surface area contributed by atoms with Gasteiger partial charge < -0.3 is 14.8 Å². The predicted octanol–water partition coefficient (Wildman–Crippen LogP) is 3.09. The molecule has 0 saturated carbocycles. The van der Waals surface area contributed by atoms with Crippen molar-refractivity contribution in [2.75, 3.05) is 20.3 Å². The Balaban J connectivity index is 2.32. The monoisotopic (exact) mass is 263 g/mol. The Labute approximate surface area is 116 Å². The van der Waals surface area contributed by atoms with Crippen molar-refractivity contribution in [2.24, 2.45) is 0 Å². The van der Waals surface area contributed by atoms with Crippen molar-refractivity contribution in [1.82, 2.24) is 5.32 Å². The van der Waals surface area contributed by atoms with Crippen LogP contribution in [0.1, 0.15) is 43.9 Å². The summed E-state index contributed by atoms with van der Waals surface area (Å²) in [6, 6.07) is 6.66. The first-order chi connectivity index (χ1) is 9.31. The number of hydrogen-bond acceptors (Lipinski definition) is 3. The third-order valence-corrected chi connectivity index (χ3v) is 3.76. The molecule has 0 radical (unpaired) electrons. The molecule has 0 aliphatic carbocycles. The molecule has 0 bridgehead atoms. The summed E-state index contributed by atoms with van der Waals surface area (Å²) in [5.41, 5.74) is 2.57. The lowest BCUT2D eigenvalue weighted by Gasteiger charge is -2.30. The zero-order valence-electron chi connectivity index (χ0n) is 12.2. The van der Waals surface area contributed by atoms with Crippen LogP contribution in [0.4, 0.5) is 0 Å². The average molecular weight is 263 g/mol. The van der Waals surface area contributed by atoms with Gasteiger partial charge in [0.05, 0.1) is 18.8 Å². The number of rotatable bonds is 6. The van der Waals surface area contributed by atoms with Crippen LogP contribution in [-0.2, 0) is 11.2 Å². The molecule has 0 fully saturated rings. The first-order valence-corrected chi connectivity index (χ1v) is 7.35. The van der Waals surface area contributed by atoms with Gasteiger partial charge in [-0.05, 0) is 38.8 Å². The van der Waals surface area contributed by atoms with Gasteiger partial charge in [-0.25, -0.2) is 0 Å². The van der Waals surface area contributed by atoms with Gasteiger partial charge in [0.1, 0.15) is 5.75 Å². The van der Waals surface area contributed by atoms with E-state index in [4.69, 9.17) is 9.47 Å². The predicted molar refractivity (Wildman–Crippen MR) is 77.8 cm³/mol. The molecule has 1 heterocycles. The molecule has 2 atom stereocenters. The van der Waals surface area contributed by atoms with Crippen LogP contribution in [-0.4, -0.2) is 26.4 Å². The minimum absolute atomic E-state index is 0.187. The third kappa shape index (κ3) is 3.10. The van der Waals surface area contributed by atoms with E-state index in [0.717, 1.165) is 38.2 Å². The van der Waals surface area contributed by atoms with Crippen molar-refractivity contribution in [3.8, 4) is 5.75 Å². The van der Waals surface area contributed by atoms with Crippen LogP contribution in [0.15, 0.2) is 18.2 Å². The van der Waals surface area contributed by atoms with Gasteiger partial charge in [-0.15, -0.1) is 0 Å². The molecule has 19 heavy (non-hydrogen) atoms. The van der Waals surface area contributed by atoms with Crippen LogP contribution in [0, 0.1) is 0 Å². The lowest BCUT2D eigenvalue weighted by molar-refractivity contribution is 0.0325. The van der Waals surface area contributed by atoms with Crippen molar-refractivity contribution in [1.29, 1.82) is 0 Å². The fourth-order valence-corrected chi connectivity index (χ4v) is 2.86. The normalized spacial score (nSPS) is 17.4. The number of hydrogen-bond donors (Lipinski definition) is 1. The molecule has 1 aromatic carbocycles. The van der Waals surface area contributed by atoms with Crippen LogP contribution >= 0.6 is 0 Å². The second kappa shape index (κ2) is 6.92. The number of benzene rings is 1. The molecule has 0 spiro atoms. The molecule has 1 N–H and O–H groups in total. The van der Waals surface area contributed by atoms with E-state index >= 15 is 0 Å². The van der Waals surface area contributed by atoms with E-state index in [0.29, 0.717) is 0 Å². The molecule has 0 saturated heterocycles. The minimum Gasteiger partial charge on any atom is -0.493 e. The van der Waals surface area contributed by atoms with E-state index in [1.165, 1.54) is 11.1 Å². The van der Waals surface area contributed by atoms with E-state index in [9.17, 15) is 0 Å². The van der Waals surface area contributed by atoms with Gasteiger partial charge in [0.2, 0.25) is 0 Å². The molecule has 1 aliphatic rings. The summed E-state index contributed by atoms with van der Waals surface area (Å²) in [6.07, 6.45) is 3.41. The van der Waals surface area contributed by atoms with Gasteiger partial charge in [-0.3, -0.25) is 0 Å². The van der Waals surface area contributed by atoms with Crippen molar-refractivity contribution in [2.45, 2.75) is 45.3 Å². The molecule has 0 aromatic heterocycles. The van der Waals surface area contributed by atoms with E-state index < -0.39 is 0 Å². The maximum atomic E-state index is 5.91. The molecule has 3 heteroatoms. The summed E-state index contributed by atoms with van der Waals surface area (Å²) in [7, 11) is 1.99. The minimum atomic E-state index is 0.187. The quantitative estimate of drug-likeness (QED) is 0.855. The highest BCUT2D eigenvalue weighted by Crippen LogP contribution is 2.35. The fraction of sp³-hybridized carbons (Fsp3) is 0.625. The number of nitrogens with one attached hydrogen (secondary N) is 1. The Morgan fingerprint density at radius 3 is 2.89 bits per heavy atom. The first kappa shape index (κ1) is 14.4. The molecule has 106 valence electrons. The molecule has 2 unspecified atom stereocenters. The van der Waals surface area contributed by atoms with Crippen LogP contribution in [0.3, 0.4) is 0 Å². The lowest BCUT2D eigenvalue weighted by atomic mass is 9.94. The highest BCUT2D eigenvalue weighted by molar-refractivity contribution is 5.45. The van der Waals surface area contributed by atoms with Crippen LogP contribution < -0.4 is 10.1 Å². The second-order valence-electron chi connectivity index (χ2n) is 4.96. The zero-order valence-corrected chi connectivity index (χ0v) is 12.2. The maximum Gasteiger partial charge on any atom is 0.127 e. The summed E-state index contributed by atoms with van der Waals surface area (Å²) in [6.45, 7) is 5.78. The molecule has 2 rings (SSSR count). The Bertz CT molecular complexity index is 406. The number of aryl methyl sites for hydroxylation is 1. The highest BCUT2D eigenvalue weighted by Gasteiger charge is 2.26. The summed E-state index contributed by atoms with van der Waals surface area (Å²) in [5.74, 6) is 1.08. The third-order valence-electron chi connectivity index (χ3n) is 3.76. The van der Waals surface area contributed by atoms with Gasteiger partial charge >= 0.3 is 0 Å². The Morgan fingerprint density at radius 2 is 2.21 bits per heavy atom. The van der Waals surface area contributed by atoms with Crippen LogP contribution in [0.25, 0.3) is 0 Å². The topological polar surface area (TPSA) is 30.5 Å². The summed E-state index contributed by atoms with van der Waals surface area (Å²) < 4.78 is 11.8. The fourth-order valence-electron chi connectivity index (χ4n) is 2.86. The molecule has 3 nitrogen and oxygen atoms in total. The summed E-state index contributed by atoms with van der Waals surface area (Å²) >= 11 is 0. The van der Waals surface area contributed by atoms with Crippen molar-refractivity contribution in [3.05, 3.63) is 29.3 Å². The number of ether oxygens (including phenoxy) is 2. The molecular weight excluding hydrogens is 238 g/mol. The van der Waals surface area contributed by atoms with Gasteiger partial charge in [0, 0.05) is 12.2 Å². The molecule has 0 amide bonds. The van der Waals surface area contributed by atoms with Gasteiger partial charge in [0.15, 0.2) is 0 Å². The molecular formula is C16H25NO2. The van der Waals surface area contributed by atoms with E-state index in [1.807, 2.05) is 14.0 Å². The molecule has 1 aliphatic heterocycles. The highest BCUT2D eigenvalue weighted by atomic mass is 16.5. The Hall–Kier alpha value is -1.06.